The molecule has 0 bridgehead atoms. The molecule has 0 amide bonds. The number of anilines is 2. The Labute approximate surface area is 106 Å². The van der Waals surface area contributed by atoms with Gasteiger partial charge in [-0.1, -0.05) is 22.9 Å². The van der Waals surface area contributed by atoms with E-state index in [1.807, 2.05) is 0 Å². The number of aromatic nitrogens is 2. The molecular formula is C10H8ClN3O2S. The van der Waals surface area contributed by atoms with Crippen LogP contribution in [-0.2, 0) is 0 Å². The first-order valence-electron chi connectivity index (χ1n) is 4.65. The Kier molecular flexibility index (Phi) is 3.26. The Hall–Kier alpha value is -1.66. The van der Waals surface area contributed by atoms with E-state index in [0.29, 0.717) is 21.7 Å². The summed E-state index contributed by atoms with van der Waals surface area (Å²) >= 11 is 6.87. The molecular weight excluding hydrogens is 262 g/mol. The highest BCUT2D eigenvalue weighted by atomic mass is 35.5. The molecule has 0 radical (unpaired) electrons. The Morgan fingerprint density at radius 1 is 1.59 bits per heavy atom. The fourth-order valence-electron chi connectivity index (χ4n) is 1.23. The lowest BCUT2D eigenvalue weighted by Gasteiger charge is -2.00. The van der Waals surface area contributed by atoms with Crippen LogP contribution in [0.4, 0.5) is 10.9 Å². The summed E-state index contributed by atoms with van der Waals surface area (Å²) in [6.45, 7) is 1.65. The highest BCUT2D eigenvalue weighted by Crippen LogP contribution is 2.25. The van der Waals surface area contributed by atoms with Crippen molar-refractivity contribution >= 4 is 39.9 Å². The lowest BCUT2D eigenvalue weighted by Crippen LogP contribution is -1.94. The second-order valence-corrected chi connectivity index (χ2v) is 4.66. The Morgan fingerprint density at radius 3 is 2.94 bits per heavy atom. The van der Waals surface area contributed by atoms with Crippen molar-refractivity contribution in [2.24, 2.45) is 0 Å². The van der Waals surface area contributed by atoms with Crippen molar-refractivity contribution in [1.29, 1.82) is 0 Å². The summed E-state index contributed by atoms with van der Waals surface area (Å²) in [5.41, 5.74) is 0.479. The second kappa shape index (κ2) is 4.68. The van der Waals surface area contributed by atoms with Crippen LogP contribution in [0.3, 0.4) is 0 Å². The maximum atomic E-state index is 10.8. The van der Waals surface area contributed by atoms with Crippen molar-refractivity contribution in [2.45, 2.75) is 6.92 Å². The largest absolute Gasteiger partial charge is 0.477 e. The van der Waals surface area contributed by atoms with E-state index < -0.39 is 5.97 Å². The zero-order valence-electron chi connectivity index (χ0n) is 8.77. The number of rotatable bonds is 3. The maximum absolute atomic E-state index is 10.8. The summed E-state index contributed by atoms with van der Waals surface area (Å²) in [5.74, 6) is -0.449. The number of carboxylic acids is 1. The van der Waals surface area contributed by atoms with Crippen LogP contribution in [0.2, 0.25) is 5.02 Å². The van der Waals surface area contributed by atoms with Crippen molar-refractivity contribution in [1.82, 2.24) is 9.97 Å². The molecule has 17 heavy (non-hydrogen) atoms. The second-order valence-electron chi connectivity index (χ2n) is 3.22. The third-order valence-corrected chi connectivity index (χ3v) is 3.24. The monoisotopic (exact) mass is 269 g/mol. The van der Waals surface area contributed by atoms with Gasteiger partial charge in [-0.3, -0.25) is 0 Å². The molecule has 7 heteroatoms. The van der Waals surface area contributed by atoms with Crippen LogP contribution < -0.4 is 5.32 Å². The molecule has 2 N–H and O–H groups in total. The number of nitrogens with zero attached hydrogens (tertiary/aromatic N) is 2. The zero-order chi connectivity index (χ0) is 12.4. The van der Waals surface area contributed by atoms with E-state index in [4.69, 9.17) is 16.7 Å². The Balaban J connectivity index is 2.25. The minimum absolute atomic E-state index is 0.217. The molecule has 2 aromatic rings. The van der Waals surface area contributed by atoms with Gasteiger partial charge in [0.25, 0.3) is 0 Å². The fourth-order valence-corrected chi connectivity index (χ4v) is 2.20. The highest BCUT2D eigenvalue weighted by Gasteiger charge is 2.14. The first-order chi connectivity index (χ1) is 8.06. The number of nitrogens with one attached hydrogen (secondary N) is 1. The van der Waals surface area contributed by atoms with Gasteiger partial charge in [0.05, 0.1) is 5.69 Å². The van der Waals surface area contributed by atoms with Gasteiger partial charge in [-0.2, -0.15) is 0 Å². The first kappa shape index (κ1) is 11.8. The maximum Gasteiger partial charge on any atom is 0.347 e. The van der Waals surface area contributed by atoms with Gasteiger partial charge in [-0.15, -0.1) is 0 Å². The van der Waals surface area contributed by atoms with Crippen LogP contribution in [0.25, 0.3) is 0 Å². The minimum Gasteiger partial charge on any atom is -0.477 e. The predicted octanol–water partition coefficient (Wildman–Crippen LogP) is 2.94. The molecule has 0 aliphatic heterocycles. The normalized spacial score (nSPS) is 10.2. The van der Waals surface area contributed by atoms with Crippen LogP contribution in [-0.4, -0.2) is 21.0 Å². The molecule has 0 atom stereocenters. The number of carboxylic acid groups (broad SMARTS) is 1. The third-order valence-electron chi connectivity index (χ3n) is 1.95. The van der Waals surface area contributed by atoms with Gasteiger partial charge in [0.1, 0.15) is 10.7 Å². The molecule has 0 saturated heterocycles. The lowest BCUT2D eigenvalue weighted by molar-refractivity contribution is 0.0701. The highest BCUT2D eigenvalue weighted by molar-refractivity contribution is 7.17. The van der Waals surface area contributed by atoms with E-state index in [0.717, 1.165) is 11.3 Å². The van der Waals surface area contributed by atoms with Gasteiger partial charge < -0.3 is 10.4 Å². The molecule has 2 aromatic heterocycles. The number of halogens is 1. The molecule has 5 nitrogen and oxygen atoms in total. The van der Waals surface area contributed by atoms with Crippen molar-refractivity contribution in [2.75, 3.05) is 5.32 Å². The standard InChI is InChI=1S/C10H8ClN3O2S/c1-5-8(9(15)16)17-10(13-5)14-7-4-6(11)2-3-12-7/h2-4H,1H3,(H,15,16)(H,12,13,14). The molecule has 0 saturated carbocycles. The smallest absolute Gasteiger partial charge is 0.347 e. The molecule has 0 aliphatic carbocycles. The van der Waals surface area contributed by atoms with Crippen LogP contribution in [0.1, 0.15) is 15.4 Å². The zero-order valence-corrected chi connectivity index (χ0v) is 10.3. The van der Waals surface area contributed by atoms with E-state index in [9.17, 15) is 4.79 Å². The summed E-state index contributed by atoms with van der Waals surface area (Å²) in [4.78, 5) is 19.2. The summed E-state index contributed by atoms with van der Waals surface area (Å²) < 4.78 is 0. The molecule has 2 heterocycles. The van der Waals surface area contributed by atoms with Crippen molar-refractivity contribution in [3.63, 3.8) is 0 Å². The average Bonchev–Trinajstić information content (AvgIpc) is 2.59. The van der Waals surface area contributed by atoms with Gasteiger partial charge in [-0.05, 0) is 19.1 Å². The Morgan fingerprint density at radius 2 is 2.35 bits per heavy atom. The summed E-state index contributed by atoms with van der Waals surface area (Å²) in [7, 11) is 0. The number of aromatic carboxylic acids is 1. The SMILES string of the molecule is Cc1nc(Nc2cc(Cl)ccn2)sc1C(=O)O. The van der Waals surface area contributed by atoms with Crippen molar-refractivity contribution in [3.05, 3.63) is 33.9 Å². The lowest BCUT2D eigenvalue weighted by atomic mass is 10.4. The first-order valence-corrected chi connectivity index (χ1v) is 5.85. The molecule has 88 valence electrons. The Bertz CT molecular complexity index is 570. The van der Waals surface area contributed by atoms with Crippen molar-refractivity contribution in [3.8, 4) is 0 Å². The van der Waals surface area contributed by atoms with Gasteiger partial charge in [0.15, 0.2) is 5.13 Å². The topological polar surface area (TPSA) is 75.1 Å². The third kappa shape index (κ3) is 2.72. The number of hydrogen-bond acceptors (Lipinski definition) is 5. The molecule has 0 spiro atoms. The van der Waals surface area contributed by atoms with Gasteiger partial charge in [-0.25, -0.2) is 14.8 Å². The van der Waals surface area contributed by atoms with E-state index >= 15 is 0 Å². The van der Waals surface area contributed by atoms with Gasteiger partial charge in [0.2, 0.25) is 0 Å². The number of aryl methyl sites for hydroxylation is 1. The number of carbonyl (C=O) groups is 1. The summed E-state index contributed by atoms with van der Waals surface area (Å²) in [6, 6.07) is 3.29. The summed E-state index contributed by atoms with van der Waals surface area (Å²) in [5, 5.41) is 12.8. The molecule has 2 rings (SSSR count). The molecule has 0 aliphatic rings. The van der Waals surface area contributed by atoms with Crippen LogP contribution in [0, 0.1) is 6.92 Å². The summed E-state index contributed by atoms with van der Waals surface area (Å²) in [6.07, 6.45) is 1.56. The van der Waals surface area contributed by atoms with E-state index in [1.54, 1.807) is 25.3 Å². The van der Waals surface area contributed by atoms with Crippen LogP contribution >= 0.6 is 22.9 Å². The van der Waals surface area contributed by atoms with Gasteiger partial charge in [0, 0.05) is 11.2 Å². The fraction of sp³-hybridized carbons (Fsp3) is 0.100. The number of pyridine rings is 1. The predicted molar refractivity (Wildman–Crippen MR) is 66.3 cm³/mol. The molecule has 0 aromatic carbocycles. The van der Waals surface area contributed by atoms with E-state index in [-0.39, 0.29) is 4.88 Å². The van der Waals surface area contributed by atoms with Gasteiger partial charge >= 0.3 is 5.97 Å². The van der Waals surface area contributed by atoms with E-state index in [2.05, 4.69) is 15.3 Å². The average molecular weight is 270 g/mol. The van der Waals surface area contributed by atoms with Crippen LogP contribution in [0.15, 0.2) is 18.3 Å². The molecule has 0 unspecified atom stereocenters. The van der Waals surface area contributed by atoms with Crippen LogP contribution in [0.5, 0.6) is 0 Å². The van der Waals surface area contributed by atoms with E-state index in [1.165, 1.54) is 0 Å². The number of hydrogen-bond donors (Lipinski definition) is 2. The number of thiazole rings is 1. The minimum atomic E-state index is -0.980. The molecule has 0 fully saturated rings. The van der Waals surface area contributed by atoms with Crippen molar-refractivity contribution < 1.29 is 9.90 Å². The quantitative estimate of drug-likeness (QED) is 0.896.